The number of aromatic nitrogens is 1. The number of nitrogen functional groups attached to an aromatic ring is 1. The molecule has 14 heavy (non-hydrogen) atoms. The summed E-state index contributed by atoms with van der Waals surface area (Å²) in [6.45, 7) is 4.02. The minimum Gasteiger partial charge on any atom is -0.398 e. The highest BCUT2D eigenvalue weighted by molar-refractivity contribution is 5.44. The lowest BCUT2D eigenvalue weighted by Crippen LogP contribution is -2.15. The molecule has 3 N–H and O–H groups in total. The van der Waals surface area contributed by atoms with E-state index >= 15 is 0 Å². The van der Waals surface area contributed by atoms with Gasteiger partial charge in [-0.05, 0) is 30.4 Å². The summed E-state index contributed by atoms with van der Waals surface area (Å²) in [4.78, 5) is 4.01. The number of hydrogen-bond acceptors (Lipinski definition) is 3. The molecule has 1 unspecified atom stereocenters. The van der Waals surface area contributed by atoms with Gasteiger partial charge >= 0.3 is 0 Å². The first-order chi connectivity index (χ1) is 6.61. The third kappa shape index (κ3) is 3.00. The largest absolute Gasteiger partial charge is 0.398 e. The van der Waals surface area contributed by atoms with Gasteiger partial charge in [-0.2, -0.15) is 0 Å². The van der Waals surface area contributed by atoms with Crippen molar-refractivity contribution in [2.24, 2.45) is 5.92 Å². The van der Waals surface area contributed by atoms with Crippen LogP contribution in [-0.4, -0.2) is 16.2 Å². The van der Waals surface area contributed by atoms with E-state index in [9.17, 15) is 5.11 Å². The molecule has 0 saturated carbocycles. The van der Waals surface area contributed by atoms with Crippen LogP contribution in [-0.2, 0) is 6.42 Å². The van der Waals surface area contributed by atoms with Crippen LogP contribution in [0.3, 0.4) is 0 Å². The van der Waals surface area contributed by atoms with Crippen LogP contribution in [0, 0.1) is 5.92 Å². The van der Waals surface area contributed by atoms with Gasteiger partial charge in [0.25, 0.3) is 0 Å². The quantitative estimate of drug-likeness (QED) is 0.765. The van der Waals surface area contributed by atoms with E-state index in [0.717, 1.165) is 24.1 Å². The molecule has 1 aromatic rings. The molecule has 0 spiro atoms. The maximum Gasteiger partial charge on any atom is 0.0566 e. The highest BCUT2D eigenvalue weighted by atomic mass is 16.3. The molecule has 0 aromatic carbocycles. The van der Waals surface area contributed by atoms with Crippen molar-refractivity contribution < 1.29 is 5.11 Å². The second kappa shape index (κ2) is 4.96. The van der Waals surface area contributed by atoms with Crippen molar-refractivity contribution in [3.05, 3.63) is 24.0 Å². The Hall–Kier alpha value is -1.09. The molecule has 1 heterocycles. The number of nitrogens with zero attached hydrogens (tertiary/aromatic N) is 1. The first-order valence-corrected chi connectivity index (χ1v) is 4.97. The fourth-order valence-corrected chi connectivity index (χ4v) is 1.28. The van der Waals surface area contributed by atoms with Gasteiger partial charge in [0.05, 0.1) is 6.10 Å². The van der Waals surface area contributed by atoms with Crippen molar-refractivity contribution in [1.29, 1.82) is 0 Å². The van der Waals surface area contributed by atoms with E-state index in [2.05, 4.69) is 4.98 Å². The summed E-state index contributed by atoms with van der Waals surface area (Å²) in [7, 11) is 0. The van der Waals surface area contributed by atoms with Crippen LogP contribution < -0.4 is 5.73 Å². The van der Waals surface area contributed by atoms with Crippen molar-refractivity contribution in [1.82, 2.24) is 4.98 Å². The van der Waals surface area contributed by atoms with Crippen molar-refractivity contribution in [2.45, 2.75) is 32.8 Å². The lowest BCUT2D eigenvalue weighted by molar-refractivity contribution is 0.116. The van der Waals surface area contributed by atoms with E-state index in [1.165, 1.54) is 0 Å². The monoisotopic (exact) mass is 194 g/mol. The van der Waals surface area contributed by atoms with Crippen LogP contribution in [0.5, 0.6) is 0 Å². The first-order valence-electron chi connectivity index (χ1n) is 4.97. The summed E-state index contributed by atoms with van der Waals surface area (Å²) < 4.78 is 0. The predicted octanol–water partition coefficient (Wildman–Crippen LogP) is 1.61. The molecule has 0 aliphatic carbocycles. The topological polar surface area (TPSA) is 59.1 Å². The van der Waals surface area contributed by atoms with Gasteiger partial charge in [-0.25, -0.2) is 0 Å². The van der Waals surface area contributed by atoms with E-state index in [1.807, 2.05) is 13.8 Å². The van der Waals surface area contributed by atoms with Crippen LogP contribution >= 0.6 is 0 Å². The smallest absolute Gasteiger partial charge is 0.0566 e. The molecular weight excluding hydrogens is 176 g/mol. The maximum atomic E-state index is 9.62. The third-order valence-corrected chi connectivity index (χ3v) is 2.42. The zero-order valence-electron chi connectivity index (χ0n) is 8.77. The Balaban J connectivity index is 2.50. The van der Waals surface area contributed by atoms with Gasteiger partial charge in [0, 0.05) is 18.1 Å². The number of pyridine rings is 1. The molecule has 0 saturated heterocycles. The van der Waals surface area contributed by atoms with Crippen LogP contribution in [0.15, 0.2) is 18.5 Å². The van der Waals surface area contributed by atoms with Crippen molar-refractivity contribution in [3.63, 3.8) is 0 Å². The highest BCUT2D eigenvalue weighted by Gasteiger charge is 2.09. The first kappa shape index (κ1) is 11.0. The summed E-state index contributed by atoms with van der Waals surface area (Å²) in [6.07, 6.45) is 4.72. The second-order valence-electron chi connectivity index (χ2n) is 3.92. The minimum atomic E-state index is -0.255. The number of anilines is 1. The number of aliphatic hydroxyl groups excluding tert-OH is 1. The molecule has 1 rings (SSSR count). The fourth-order valence-electron chi connectivity index (χ4n) is 1.28. The Kier molecular flexibility index (Phi) is 3.89. The Labute approximate surface area is 85.0 Å². The van der Waals surface area contributed by atoms with Gasteiger partial charge in [-0.1, -0.05) is 13.8 Å². The van der Waals surface area contributed by atoms with Gasteiger partial charge < -0.3 is 10.8 Å². The van der Waals surface area contributed by atoms with Gasteiger partial charge in [0.1, 0.15) is 0 Å². The second-order valence-corrected chi connectivity index (χ2v) is 3.92. The SMILES string of the molecule is CC(C)C(O)CCc1cnccc1N. The average Bonchev–Trinajstić information content (AvgIpc) is 2.16. The number of nitrogens with two attached hydrogens (primary N) is 1. The number of rotatable bonds is 4. The Morgan fingerprint density at radius 2 is 2.21 bits per heavy atom. The van der Waals surface area contributed by atoms with Crippen LogP contribution in [0.25, 0.3) is 0 Å². The Morgan fingerprint density at radius 1 is 1.50 bits per heavy atom. The fraction of sp³-hybridized carbons (Fsp3) is 0.545. The molecule has 3 nitrogen and oxygen atoms in total. The molecule has 3 heteroatoms. The lowest BCUT2D eigenvalue weighted by atomic mass is 10.00. The molecule has 0 amide bonds. The summed E-state index contributed by atoms with van der Waals surface area (Å²) in [5.74, 6) is 0.299. The number of aliphatic hydroxyl groups is 1. The van der Waals surface area contributed by atoms with Crippen molar-refractivity contribution >= 4 is 5.69 Å². The molecule has 0 aliphatic rings. The van der Waals surface area contributed by atoms with E-state index in [-0.39, 0.29) is 6.10 Å². The van der Waals surface area contributed by atoms with Crippen molar-refractivity contribution in [3.8, 4) is 0 Å². The van der Waals surface area contributed by atoms with Gasteiger partial charge in [-0.15, -0.1) is 0 Å². The normalized spacial score (nSPS) is 13.1. The van der Waals surface area contributed by atoms with E-state index in [0.29, 0.717) is 5.92 Å². The van der Waals surface area contributed by atoms with Crippen molar-refractivity contribution in [2.75, 3.05) is 5.73 Å². The summed E-state index contributed by atoms with van der Waals surface area (Å²) in [5, 5.41) is 9.62. The van der Waals surface area contributed by atoms with Gasteiger partial charge in [0.2, 0.25) is 0 Å². The molecule has 1 aromatic heterocycles. The summed E-state index contributed by atoms with van der Waals surface area (Å²) >= 11 is 0. The number of aryl methyl sites for hydroxylation is 1. The van der Waals surface area contributed by atoms with Crippen LogP contribution in [0.4, 0.5) is 5.69 Å². The standard InChI is InChI=1S/C11H18N2O/c1-8(2)11(14)4-3-9-7-13-6-5-10(9)12/h5-8,11,14H,3-4H2,1-2H3,(H2,12,13). The minimum absolute atomic E-state index is 0.255. The van der Waals surface area contributed by atoms with E-state index in [1.54, 1.807) is 18.5 Å². The zero-order valence-corrected chi connectivity index (χ0v) is 8.77. The lowest BCUT2D eigenvalue weighted by Gasteiger charge is -2.14. The molecule has 0 bridgehead atoms. The van der Waals surface area contributed by atoms with Gasteiger partial charge in [0.15, 0.2) is 0 Å². The molecule has 0 aliphatic heterocycles. The maximum absolute atomic E-state index is 9.62. The van der Waals surface area contributed by atoms with E-state index < -0.39 is 0 Å². The predicted molar refractivity (Wildman–Crippen MR) is 57.8 cm³/mol. The third-order valence-electron chi connectivity index (χ3n) is 2.42. The molecular formula is C11H18N2O. The molecule has 0 fully saturated rings. The Morgan fingerprint density at radius 3 is 2.79 bits per heavy atom. The Bertz CT molecular complexity index is 286. The molecule has 78 valence electrons. The highest BCUT2D eigenvalue weighted by Crippen LogP contribution is 2.14. The van der Waals surface area contributed by atoms with Crippen LogP contribution in [0.2, 0.25) is 0 Å². The average molecular weight is 194 g/mol. The zero-order chi connectivity index (χ0) is 10.6. The molecule has 1 atom stereocenters. The van der Waals surface area contributed by atoms with Gasteiger partial charge in [-0.3, -0.25) is 4.98 Å². The summed E-state index contributed by atoms with van der Waals surface area (Å²) in [6, 6.07) is 1.79. The molecule has 0 radical (unpaired) electrons. The summed E-state index contributed by atoms with van der Waals surface area (Å²) in [5.41, 5.74) is 7.54. The van der Waals surface area contributed by atoms with Crippen LogP contribution in [0.1, 0.15) is 25.8 Å². The number of hydrogen-bond donors (Lipinski definition) is 2. The van der Waals surface area contributed by atoms with E-state index in [4.69, 9.17) is 5.73 Å².